The Labute approximate surface area is 118 Å². The molecule has 1 aromatic heterocycles. The van der Waals surface area contributed by atoms with Gasteiger partial charge in [0.2, 0.25) is 0 Å². The third-order valence-corrected chi connectivity index (χ3v) is 4.07. The summed E-state index contributed by atoms with van der Waals surface area (Å²) in [7, 11) is 0. The third-order valence-electron chi connectivity index (χ3n) is 3.76. The van der Waals surface area contributed by atoms with E-state index in [1.165, 1.54) is 12.8 Å². The number of piperidine rings is 1. The van der Waals surface area contributed by atoms with Crippen molar-refractivity contribution in [1.29, 1.82) is 0 Å². The van der Waals surface area contributed by atoms with Gasteiger partial charge in [0, 0.05) is 18.1 Å². The monoisotopic (exact) mass is 275 g/mol. The van der Waals surface area contributed by atoms with Gasteiger partial charge in [-0.1, -0.05) is 23.7 Å². The van der Waals surface area contributed by atoms with Crippen molar-refractivity contribution in [2.75, 3.05) is 25.0 Å². The average Bonchev–Trinajstić information content (AvgIpc) is 2.46. The highest BCUT2D eigenvalue weighted by Crippen LogP contribution is 2.29. The van der Waals surface area contributed by atoms with Crippen LogP contribution in [0.3, 0.4) is 0 Å². The first-order chi connectivity index (χ1) is 9.34. The van der Waals surface area contributed by atoms with Gasteiger partial charge in [0.15, 0.2) is 0 Å². The molecular formula is C15H18ClN3. The Bertz CT molecular complexity index is 559. The minimum Gasteiger partial charge on any atom is -0.369 e. The molecule has 1 aromatic carbocycles. The van der Waals surface area contributed by atoms with Gasteiger partial charge in [0.05, 0.1) is 5.02 Å². The molecule has 19 heavy (non-hydrogen) atoms. The number of nitrogens with zero attached hydrogens (tertiary/aromatic N) is 1. The lowest BCUT2D eigenvalue weighted by molar-refractivity contribution is 0.389. The highest BCUT2D eigenvalue weighted by atomic mass is 35.5. The number of halogens is 1. The molecule has 0 aliphatic carbocycles. The number of fused-ring (bicyclic) bond motifs is 1. The predicted octanol–water partition coefficient (Wildman–Crippen LogP) is 3.30. The molecule has 2 aromatic rings. The SMILES string of the molecule is Clc1cccc2ccnc(NCC3CCNCC3)c12. The number of aromatic nitrogens is 1. The van der Waals surface area contributed by atoms with Gasteiger partial charge >= 0.3 is 0 Å². The summed E-state index contributed by atoms with van der Waals surface area (Å²) in [4.78, 5) is 4.44. The Kier molecular flexibility index (Phi) is 3.85. The van der Waals surface area contributed by atoms with Crippen molar-refractivity contribution in [3.8, 4) is 0 Å². The average molecular weight is 276 g/mol. The third kappa shape index (κ3) is 2.82. The molecule has 2 N–H and O–H groups in total. The van der Waals surface area contributed by atoms with Gasteiger partial charge in [-0.25, -0.2) is 4.98 Å². The van der Waals surface area contributed by atoms with Crippen molar-refractivity contribution in [2.24, 2.45) is 5.92 Å². The van der Waals surface area contributed by atoms with E-state index in [2.05, 4.69) is 21.7 Å². The molecule has 1 aliphatic heterocycles. The highest BCUT2D eigenvalue weighted by Gasteiger charge is 2.13. The quantitative estimate of drug-likeness (QED) is 0.902. The van der Waals surface area contributed by atoms with Crippen LogP contribution >= 0.6 is 11.6 Å². The zero-order valence-electron chi connectivity index (χ0n) is 10.8. The van der Waals surface area contributed by atoms with Crippen LogP contribution in [0.15, 0.2) is 30.5 Å². The van der Waals surface area contributed by atoms with E-state index in [1.54, 1.807) is 0 Å². The molecule has 0 unspecified atom stereocenters. The maximum atomic E-state index is 6.29. The highest BCUT2D eigenvalue weighted by molar-refractivity contribution is 6.36. The minimum atomic E-state index is 0.723. The molecule has 0 saturated carbocycles. The van der Waals surface area contributed by atoms with Crippen molar-refractivity contribution < 1.29 is 0 Å². The lowest BCUT2D eigenvalue weighted by atomic mass is 9.98. The maximum Gasteiger partial charge on any atom is 0.135 e. The summed E-state index contributed by atoms with van der Waals surface area (Å²) in [5, 5.41) is 9.79. The summed E-state index contributed by atoms with van der Waals surface area (Å²) < 4.78 is 0. The Balaban J connectivity index is 1.80. The number of anilines is 1. The molecule has 3 nitrogen and oxygen atoms in total. The molecule has 1 saturated heterocycles. The van der Waals surface area contributed by atoms with Crippen LogP contribution in [-0.2, 0) is 0 Å². The standard InChI is InChI=1S/C15H18ClN3/c16-13-3-1-2-12-6-9-18-15(14(12)13)19-10-11-4-7-17-8-5-11/h1-3,6,9,11,17H,4-5,7-8,10H2,(H,18,19). The summed E-state index contributed by atoms with van der Waals surface area (Å²) >= 11 is 6.29. The van der Waals surface area contributed by atoms with E-state index in [1.807, 2.05) is 24.4 Å². The fourth-order valence-electron chi connectivity index (χ4n) is 2.65. The molecule has 0 atom stereocenters. The lowest BCUT2D eigenvalue weighted by Gasteiger charge is -2.23. The van der Waals surface area contributed by atoms with Crippen LogP contribution in [-0.4, -0.2) is 24.6 Å². The van der Waals surface area contributed by atoms with Gasteiger partial charge in [-0.2, -0.15) is 0 Å². The fourth-order valence-corrected chi connectivity index (χ4v) is 2.92. The second-order valence-corrected chi connectivity index (χ2v) is 5.48. The molecule has 1 aliphatic rings. The number of hydrogen-bond acceptors (Lipinski definition) is 3. The van der Waals surface area contributed by atoms with Gasteiger partial charge < -0.3 is 10.6 Å². The van der Waals surface area contributed by atoms with E-state index in [4.69, 9.17) is 11.6 Å². The largest absolute Gasteiger partial charge is 0.369 e. The number of benzene rings is 1. The van der Waals surface area contributed by atoms with E-state index >= 15 is 0 Å². The molecule has 0 amide bonds. The molecule has 1 fully saturated rings. The predicted molar refractivity (Wildman–Crippen MR) is 80.8 cm³/mol. The summed E-state index contributed by atoms with van der Waals surface area (Å²) in [6.45, 7) is 3.21. The van der Waals surface area contributed by atoms with Gasteiger partial charge in [0.25, 0.3) is 0 Å². The van der Waals surface area contributed by atoms with Crippen molar-refractivity contribution >= 4 is 28.2 Å². The zero-order chi connectivity index (χ0) is 13.1. The van der Waals surface area contributed by atoms with Crippen LogP contribution < -0.4 is 10.6 Å². The maximum absolute atomic E-state index is 6.29. The van der Waals surface area contributed by atoms with Gasteiger partial charge in [0.1, 0.15) is 5.82 Å². The van der Waals surface area contributed by atoms with E-state index in [-0.39, 0.29) is 0 Å². The number of pyridine rings is 1. The smallest absolute Gasteiger partial charge is 0.135 e. The molecule has 0 bridgehead atoms. The van der Waals surface area contributed by atoms with Crippen molar-refractivity contribution in [3.05, 3.63) is 35.5 Å². The van der Waals surface area contributed by atoms with E-state index < -0.39 is 0 Å². The molecule has 3 rings (SSSR count). The Morgan fingerprint density at radius 1 is 1.26 bits per heavy atom. The molecular weight excluding hydrogens is 258 g/mol. The van der Waals surface area contributed by atoms with Crippen molar-refractivity contribution in [3.63, 3.8) is 0 Å². The molecule has 4 heteroatoms. The first kappa shape index (κ1) is 12.7. The molecule has 2 heterocycles. The fraction of sp³-hybridized carbons (Fsp3) is 0.400. The van der Waals surface area contributed by atoms with E-state index in [0.29, 0.717) is 0 Å². The van der Waals surface area contributed by atoms with Crippen LogP contribution in [0, 0.1) is 5.92 Å². The number of rotatable bonds is 3. The summed E-state index contributed by atoms with van der Waals surface area (Å²) in [5.74, 6) is 1.63. The Morgan fingerprint density at radius 3 is 2.95 bits per heavy atom. The number of hydrogen-bond donors (Lipinski definition) is 2. The Hall–Kier alpha value is -1.32. The van der Waals surface area contributed by atoms with Gasteiger partial charge in [-0.3, -0.25) is 0 Å². The normalized spacial score (nSPS) is 16.7. The first-order valence-electron chi connectivity index (χ1n) is 6.82. The van der Waals surface area contributed by atoms with E-state index in [9.17, 15) is 0 Å². The lowest BCUT2D eigenvalue weighted by Crippen LogP contribution is -2.31. The van der Waals surface area contributed by atoms with Crippen LogP contribution in [0.2, 0.25) is 5.02 Å². The minimum absolute atomic E-state index is 0.723. The second-order valence-electron chi connectivity index (χ2n) is 5.07. The van der Waals surface area contributed by atoms with Crippen LogP contribution in [0.25, 0.3) is 10.8 Å². The number of nitrogens with one attached hydrogen (secondary N) is 2. The van der Waals surface area contributed by atoms with Crippen LogP contribution in [0.5, 0.6) is 0 Å². The summed E-state index contributed by atoms with van der Waals surface area (Å²) in [6, 6.07) is 7.96. The summed E-state index contributed by atoms with van der Waals surface area (Å²) in [6.07, 6.45) is 4.29. The van der Waals surface area contributed by atoms with Gasteiger partial charge in [-0.05, 0) is 49.4 Å². The van der Waals surface area contributed by atoms with Crippen LogP contribution in [0.4, 0.5) is 5.82 Å². The molecule has 0 radical (unpaired) electrons. The Morgan fingerprint density at radius 2 is 2.11 bits per heavy atom. The van der Waals surface area contributed by atoms with Crippen LogP contribution in [0.1, 0.15) is 12.8 Å². The van der Waals surface area contributed by atoms with Gasteiger partial charge in [-0.15, -0.1) is 0 Å². The molecule has 100 valence electrons. The van der Waals surface area contributed by atoms with Crippen molar-refractivity contribution in [2.45, 2.75) is 12.8 Å². The zero-order valence-corrected chi connectivity index (χ0v) is 11.6. The molecule has 0 spiro atoms. The first-order valence-corrected chi connectivity index (χ1v) is 7.20. The van der Waals surface area contributed by atoms with Crippen molar-refractivity contribution in [1.82, 2.24) is 10.3 Å². The second kappa shape index (κ2) is 5.76. The summed E-state index contributed by atoms with van der Waals surface area (Å²) in [5.41, 5.74) is 0. The van der Waals surface area contributed by atoms with E-state index in [0.717, 1.165) is 47.2 Å². The topological polar surface area (TPSA) is 37.0 Å².